The minimum atomic E-state index is -0.440. The number of ether oxygens (including phenoxy) is 6. The van der Waals surface area contributed by atoms with E-state index in [1.807, 2.05) is 174 Å². The summed E-state index contributed by atoms with van der Waals surface area (Å²) < 4.78 is 36.5. The highest BCUT2D eigenvalue weighted by Crippen LogP contribution is 2.46. The summed E-state index contributed by atoms with van der Waals surface area (Å²) in [4.78, 5) is 83.7. The standard InChI is InChI=1S/C43H36N4O7.C43H38N4O5/c1-25-13-35-36(44-22-33-18-30-8-4-6-10-38(30)46(33)43(35)49)21-39(25)53-23-26-14-27(16-32(15-26)47(50)51)24-54-41-19-28-11-12-31-17-29-7-3-5-9-37(29)45(31)42(48)34(28)20-40(41)52-2;1-25-13-35-36(45-22-33-18-30-8-4-6-10-38(30)47(33)43(35)49)21-39(25)51-23-26-14-27(16-31(44)15-26)24-52-41-19-28-11-12-32-17-29-7-3-5-9-37(29)46(32)42(48)34(28)20-40(41)50-2/h3-10,13-16,19-22,31,33H,11-12,17-18,23-24H2,1-2H3;3-10,13-16,19-22,32-33H,11-12,17-18,23-24,44H2,1-2H3/t31-,33+;32-,33+/m11/s1. The van der Waals surface area contributed by atoms with Crippen molar-refractivity contribution < 1.29 is 52.5 Å². The first-order valence-corrected chi connectivity index (χ1v) is 35.7. The van der Waals surface area contributed by atoms with Crippen LogP contribution in [0, 0.1) is 24.0 Å². The fourth-order valence-corrected chi connectivity index (χ4v) is 16.4. The summed E-state index contributed by atoms with van der Waals surface area (Å²) in [7, 11) is 3.12. The molecule has 106 heavy (non-hydrogen) atoms. The molecule has 0 spiro atoms. The van der Waals surface area contributed by atoms with Crippen molar-refractivity contribution in [3.63, 3.8) is 0 Å². The average molecular weight is 1410 g/mol. The second-order valence-corrected chi connectivity index (χ2v) is 28.2. The highest BCUT2D eigenvalue weighted by atomic mass is 16.6. The van der Waals surface area contributed by atoms with Gasteiger partial charge >= 0.3 is 0 Å². The highest BCUT2D eigenvalue weighted by Gasteiger charge is 2.42. The van der Waals surface area contributed by atoms with Crippen molar-refractivity contribution in [1.29, 1.82) is 0 Å². The van der Waals surface area contributed by atoms with Crippen LogP contribution in [0.1, 0.15) is 121 Å². The number of carbonyl (C=O) groups excluding carboxylic acids is 4. The first-order valence-electron chi connectivity index (χ1n) is 35.7. The van der Waals surface area contributed by atoms with E-state index in [2.05, 4.69) is 18.2 Å². The lowest BCUT2D eigenvalue weighted by Gasteiger charge is -2.23. The number of rotatable bonds is 15. The molecule has 2 N–H and O–H groups in total. The van der Waals surface area contributed by atoms with Crippen LogP contribution in [-0.4, -0.2) is 79.4 Å². The van der Waals surface area contributed by atoms with Gasteiger partial charge in [0.2, 0.25) is 0 Å². The summed E-state index contributed by atoms with van der Waals surface area (Å²) in [6.45, 7) is 4.38. The SMILES string of the molecule is COc1cc2c(cc1OCc1cc(COc3cc4c(cc3C)C(=O)N3c5ccccc5C[C@H]3C=N4)cc([N+](=O)[O-])c1)CC[C@@H]1Cc3ccccc3N1C2=O.COc1cc2c(cc1OCc1cc(N)cc(COc3cc4c(cc3C)C(=O)N3c5ccccc5C[C@H]3C=N4)c1)CC[C@@H]1Cc3ccccc3N1C2=O. The average Bonchev–Trinajstić information content (AvgIpc) is 1.46. The molecule has 10 aromatic rings. The number of methoxy groups -OCH3 is 2. The van der Waals surface area contributed by atoms with Crippen molar-refractivity contribution in [2.24, 2.45) is 9.98 Å². The molecule has 0 saturated carbocycles. The van der Waals surface area contributed by atoms with Crippen molar-refractivity contribution >= 4 is 81.6 Å². The van der Waals surface area contributed by atoms with E-state index >= 15 is 0 Å². The van der Waals surface area contributed by atoms with Gasteiger partial charge in [-0.15, -0.1) is 0 Å². The minimum absolute atomic E-state index is 0.00186. The maximum Gasteiger partial charge on any atom is 0.270 e. The number of benzene rings is 10. The Morgan fingerprint density at radius 2 is 0.774 bits per heavy atom. The molecule has 530 valence electrons. The molecule has 0 aromatic heterocycles. The number of nitrogen functional groups attached to an aromatic ring is 1. The number of non-ortho nitro benzene ring substituents is 1. The van der Waals surface area contributed by atoms with E-state index in [-0.39, 0.29) is 79.9 Å². The fraction of sp³-hybridized carbons (Fsp3) is 0.233. The van der Waals surface area contributed by atoms with E-state index in [0.29, 0.717) is 97.8 Å². The molecule has 8 aliphatic rings. The molecule has 18 rings (SSSR count). The predicted molar refractivity (Wildman–Crippen MR) is 406 cm³/mol. The molecular weight excluding hydrogens is 1340 g/mol. The third-order valence-electron chi connectivity index (χ3n) is 21.5. The highest BCUT2D eigenvalue weighted by molar-refractivity contribution is 6.16. The predicted octanol–water partition coefficient (Wildman–Crippen LogP) is 15.4. The van der Waals surface area contributed by atoms with Crippen LogP contribution in [0.25, 0.3) is 0 Å². The summed E-state index contributed by atoms with van der Waals surface area (Å²) in [5.74, 6) is 2.91. The van der Waals surface area contributed by atoms with Crippen molar-refractivity contribution in [1.82, 2.24) is 0 Å². The molecule has 4 amide bonds. The van der Waals surface area contributed by atoms with Crippen LogP contribution in [0.3, 0.4) is 0 Å². The number of para-hydroxylation sites is 4. The number of nitrogens with two attached hydrogens (primary N) is 1. The van der Waals surface area contributed by atoms with E-state index in [1.165, 1.54) is 30.4 Å². The Balaban J connectivity index is 0.000000156. The molecule has 0 unspecified atom stereocenters. The van der Waals surface area contributed by atoms with E-state index in [1.54, 1.807) is 30.2 Å². The van der Waals surface area contributed by atoms with Gasteiger partial charge in [-0.25, -0.2) is 0 Å². The number of nitrogens with zero attached hydrogens (tertiary/aromatic N) is 7. The number of amides is 4. The fourth-order valence-electron chi connectivity index (χ4n) is 16.4. The van der Waals surface area contributed by atoms with Crippen molar-refractivity contribution in [2.75, 3.05) is 39.6 Å². The normalized spacial score (nSPS) is 17.9. The molecule has 8 heterocycles. The lowest BCUT2D eigenvalue weighted by atomic mass is 9.99. The lowest BCUT2D eigenvalue weighted by molar-refractivity contribution is -0.385. The van der Waals surface area contributed by atoms with Crippen LogP contribution in [0.15, 0.2) is 192 Å². The summed E-state index contributed by atoms with van der Waals surface area (Å²) >= 11 is 0. The third-order valence-corrected chi connectivity index (χ3v) is 21.5. The molecule has 0 saturated heterocycles. The van der Waals surface area contributed by atoms with Crippen LogP contribution in [0.2, 0.25) is 0 Å². The van der Waals surface area contributed by atoms with E-state index in [4.69, 9.17) is 44.1 Å². The summed E-state index contributed by atoms with van der Waals surface area (Å²) in [5.41, 5.74) is 25.1. The van der Waals surface area contributed by atoms with Crippen molar-refractivity contribution in [2.45, 2.75) is 116 Å². The zero-order valence-corrected chi connectivity index (χ0v) is 58.9. The van der Waals surface area contributed by atoms with E-state index < -0.39 is 4.92 Å². The number of aliphatic imine (C=N–C) groups is 2. The Morgan fingerprint density at radius 3 is 1.17 bits per heavy atom. The number of aryl methyl sites for hydroxylation is 4. The first-order chi connectivity index (χ1) is 51.6. The quantitative estimate of drug-likeness (QED) is 0.0572. The zero-order valence-electron chi connectivity index (χ0n) is 58.9. The number of fused-ring (bicyclic) bond motifs is 16. The van der Waals surface area contributed by atoms with Crippen LogP contribution in [0.5, 0.6) is 34.5 Å². The Labute approximate surface area is 612 Å². The van der Waals surface area contributed by atoms with Crippen LogP contribution < -0.4 is 53.8 Å². The number of hydrogen-bond donors (Lipinski definition) is 1. The van der Waals surface area contributed by atoms with Gasteiger partial charge in [0, 0.05) is 101 Å². The largest absolute Gasteiger partial charge is 0.493 e. The number of carbonyl (C=O) groups is 4. The number of nitro benzene ring substituents is 1. The van der Waals surface area contributed by atoms with Crippen LogP contribution in [-0.2, 0) is 65.0 Å². The van der Waals surface area contributed by atoms with Crippen LogP contribution >= 0.6 is 0 Å². The van der Waals surface area contributed by atoms with Crippen LogP contribution in [0.4, 0.5) is 45.5 Å². The molecule has 0 bridgehead atoms. The Morgan fingerprint density at radius 1 is 0.415 bits per heavy atom. The van der Waals surface area contributed by atoms with Gasteiger partial charge in [-0.1, -0.05) is 72.8 Å². The monoisotopic (exact) mass is 1410 g/mol. The molecule has 0 aliphatic carbocycles. The van der Waals surface area contributed by atoms with Gasteiger partial charge < -0.3 is 44.0 Å². The number of nitro groups is 1. The van der Waals surface area contributed by atoms with E-state index in [0.717, 1.165) is 106 Å². The third kappa shape index (κ3) is 12.2. The van der Waals surface area contributed by atoms with Gasteiger partial charge in [-0.05, 0) is 204 Å². The summed E-state index contributed by atoms with van der Waals surface area (Å²) in [6, 6.07) is 57.3. The topological polar surface area (TPSA) is 230 Å². The Hall–Kier alpha value is -12.6. The van der Waals surface area contributed by atoms with Gasteiger partial charge in [0.05, 0.1) is 53.7 Å². The summed E-state index contributed by atoms with van der Waals surface area (Å²) in [6.07, 6.45) is 9.97. The van der Waals surface area contributed by atoms with Gasteiger partial charge in [0.25, 0.3) is 29.3 Å². The Bertz CT molecular complexity index is 5400. The second-order valence-electron chi connectivity index (χ2n) is 28.2. The molecule has 10 aromatic carbocycles. The van der Waals surface area contributed by atoms with Crippen molar-refractivity contribution in [3.8, 4) is 34.5 Å². The van der Waals surface area contributed by atoms with Gasteiger partial charge in [0.1, 0.15) is 37.9 Å². The molecule has 0 fully saturated rings. The minimum Gasteiger partial charge on any atom is -0.493 e. The molecule has 0 radical (unpaired) electrons. The zero-order chi connectivity index (χ0) is 72.6. The van der Waals surface area contributed by atoms with E-state index in [9.17, 15) is 29.3 Å². The molecular formula is C86H74N8O12. The summed E-state index contributed by atoms with van der Waals surface area (Å²) in [5, 5.41) is 12.0. The van der Waals surface area contributed by atoms with Gasteiger partial charge in [0.15, 0.2) is 23.0 Å². The molecule has 8 aliphatic heterocycles. The van der Waals surface area contributed by atoms with Crippen molar-refractivity contribution in [3.05, 3.63) is 281 Å². The van der Waals surface area contributed by atoms with Gasteiger partial charge in [-0.2, -0.15) is 0 Å². The van der Waals surface area contributed by atoms with Gasteiger partial charge in [-0.3, -0.25) is 49.1 Å². The maximum absolute atomic E-state index is 13.9. The Kier molecular flexibility index (Phi) is 17.1. The lowest BCUT2D eigenvalue weighted by Crippen LogP contribution is -2.37. The smallest absolute Gasteiger partial charge is 0.270 e. The number of anilines is 5. The first kappa shape index (κ1) is 66.6. The second kappa shape index (κ2) is 27.2. The molecule has 20 heteroatoms. The maximum atomic E-state index is 13.9. The molecule has 20 nitrogen and oxygen atoms in total. The molecule has 4 atom stereocenters. The number of hydrogen-bond acceptors (Lipinski definition) is 15.